The van der Waals surface area contributed by atoms with Crippen molar-refractivity contribution >= 4 is 5.69 Å². The Morgan fingerprint density at radius 3 is 2.67 bits per heavy atom. The van der Waals surface area contributed by atoms with Gasteiger partial charge in [0.05, 0.1) is 19.3 Å². The molecule has 112 valence electrons. The lowest BCUT2D eigenvalue weighted by Gasteiger charge is -2.21. The lowest BCUT2D eigenvalue weighted by Crippen LogP contribution is -2.17. The number of anilines is 1. The van der Waals surface area contributed by atoms with E-state index in [1.165, 1.54) is 12.1 Å². The molecule has 0 saturated heterocycles. The van der Waals surface area contributed by atoms with Crippen molar-refractivity contribution in [1.29, 1.82) is 0 Å². The minimum Gasteiger partial charge on any atom is -0.394 e. The predicted molar refractivity (Wildman–Crippen MR) is 81.7 cm³/mol. The average molecular weight is 289 g/mol. The number of halogens is 1. The normalized spacial score (nSPS) is 12.2. The molecule has 1 unspecified atom stereocenters. The first-order valence-electron chi connectivity index (χ1n) is 6.85. The molecule has 0 amide bonds. The maximum atomic E-state index is 13.5. The molecule has 3 nitrogen and oxygen atoms in total. The van der Waals surface area contributed by atoms with Crippen molar-refractivity contribution in [3.63, 3.8) is 0 Å². The summed E-state index contributed by atoms with van der Waals surface area (Å²) in [5.74, 6) is -0.292. The van der Waals surface area contributed by atoms with Crippen LogP contribution in [0.1, 0.15) is 22.7 Å². The van der Waals surface area contributed by atoms with Crippen LogP contribution in [0.5, 0.6) is 0 Å². The molecule has 2 N–H and O–H groups in total. The third-order valence-electron chi connectivity index (χ3n) is 3.30. The minimum absolute atomic E-state index is 0.0870. The highest BCUT2D eigenvalue weighted by Crippen LogP contribution is 2.24. The van der Waals surface area contributed by atoms with Gasteiger partial charge in [0.1, 0.15) is 5.82 Å². The number of aryl methyl sites for hydroxylation is 1. The molecule has 0 bridgehead atoms. The molecule has 0 fully saturated rings. The van der Waals surface area contributed by atoms with E-state index < -0.39 is 0 Å². The maximum absolute atomic E-state index is 13.5. The van der Waals surface area contributed by atoms with E-state index in [1.54, 1.807) is 7.11 Å². The lowest BCUT2D eigenvalue weighted by molar-refractivity contribution is 0.183. The molecule has 0 radical (unpaired) electrons. The first-order chi connectivity index (χ1) is 10.1. The Hall–Kier alpha value is -1.91. The fraction of sp³-hybridized carbons (Fsp3) is 0.294. The first-order valence-corrected chi connectivity index (χ1v) is 6.85. The summed E-state index contributed by atoms with van der Waals surface area (Å²) in [5.41, 5.74) is 3.43. The van der Waals surface area contributed by atoms with Crippen LogP contribution in [0.4, 0.5) is 10.1 Å². The summed E-state index contributed by atoms with van der Waals surface area (Å²) < 4.78 is 18.6. The lowest BCUT2D eigenvalue weighted by atomic mass is 10.0. The molecule has 0 aliphatic rings. The maximum Gasteiger partial charge on any atom is 0.125 e. The van der Waals surface area contributed by atoms with Crippen molar-refractivity contribution in [2.75, 3.05) is 19.0 Å². The number of hydrogen-bond acceptors (Lipinski definition) is 3. The van der Waals surface area contributed by atoms with E-state index in [4.69, 9.17) is 4.74 Å². The van der Waals surface area contributed by atoms with Crippen LogP contribution >= 0.6 is 0 Å². The highest BCUT2D eigenvalue weighted by molar-refractivity contribution is 5.49. The SMILES string of the molecule is COCc1ccccc1C(CO)Nc1cc(C)cc(F)c1. The molecule has 0 heterocycles. The van der Waals surface area contributed by atoms with Crippen molar-refractivity contribution in [3.8, 4) is 0 Å². The van der Waals surface area contributed by atoms with Crippen LogP contribution in [0.15, 0.2) is 42.5 Å². The van der Waals surface area contributed by atoms with E-state index in [9.17, 15) is 9.50 Å². The summed E-state index contributed by atoms with van der Waals surface area (Å²) in [6.07, 6.45) is 0. The van der Waals surface area contributed by atoms with Crippen molar-refractivity contribution in [2.45, 2.75) is 19.6 Å². The molecule has 2 aromatic rings. The van der Waals surface area contributed by atoms with Gasteiger partial charge in [-0.1, -0.05) is 24.3 Å². The zero-order valence-electron chi connectivity index (χ0n) is 12.3. The van der Waals surface area contributed by atoms with E-state index in [0.717, 1.165) is 16.7 Å². The second-order valence-corrected chi connectivity index (χ2v) is 5.03. The Balaban J connectivity index is 2.27. The number of benzene rings is 2. The first kappa shape index (κ1) is 15.5. The van der Waals surface area contributed by atoms with Crippen LogP contribution in [-0.2, 0) is 11.3 Å². The molecule has 0 spiro atoms. The number of ether oxygens (including phenoxy) is 1. The predicted octanol–water partition coefficient (Wildman–Crippen LogP) is 3.43. The molecule has 0 aromatic heterocycles. The third kappa shape index (κ3) is 4.03. The Labute approximate surface area is 124 Å². The van der Waals surface area contributed by atoms with E-state index >= 15 is 0 Å². The molecule has 4 heteroatoms. The van der Waals surface area contributed by atoms with Crippen molar-refractivity contribution in [3.05, 3.63) is 65.0 Å². The van der Waals surface area contributed by atoms with Crippen LogP contribution in [0.2, 0.25) is 0 Å². The van der Waals surface area contributed by atoms with Gasteiger partial charge >= 0.3 is 0 Å². The van der Waals surface area contributed by atoms with Gasteiger partial charge in [0.2, 0.25) is 0 Å². The smallest absolute Gasteiger partial charge is 0.125 e. The molecule has 2 aromatic carbocycles. The van der Waals surface area contributed by atoms with Gasteiger partial charge in [0, 0.05) is 12.8 Å². The second-order valence-electron chi connectivity index (χ2n) is 5.03. The largest absolute Gasteiger partial charge is 0.394 e. The van der Waals surface area contributed by atoms with Gasteiger partial charge in [-0.05, 0) is 41.8 Å². The quantitative estimate of drug-likeness (QED) is 0.856. The van der Waals surface area contributed by atoms with Crippen LogP contribution in [0, 0.1) is 12.7 Å². The van der Waals surface area contributed by atoms with Gasteiger partial charge in [-0.25, -0.2) is 4.39 Å². The van der Waals surface area contributed by atoms with Crippen LogP contribution in [0.3, 0.4) is 0 Å². The van der Waals surface area contributed by atoms with Crippen molar-refractivity contribution in [1.82, 2.24) is 0 Å². The van der Waals surface area contributed by atoms with Crippen molar-refractivity contribution < 1.29 is 14.2 Å². The molecular weight excluding hydrogens is 269 g/mol. The summed E-state index contributed by atoms with van der Waals surface area (Å²) in [5, 5.41) is 12.9. The molecule has 0 saturated carbocycles. The summed E-state index contributed by atoms with van der Waals surface area (Å²) in [7, 11) is 1.63. The van der Waals surface area contributed by atoms with E-state index in [-0.39, 0.29) is 18.5 Å². The summed E-state index contributed by atoms with van der Waals surface area (Å²) >= 11 is 0. The molecule has 0 aliphatic heterocycles. The van der Waals surface area contributed by atoms with Gasteiger partial charge in [0.15, 0.2) is 0 Å². The monoisotopic (exact) mass is 289 g/mol. The molecule has 0 aliphatic carbocycles. The van der Waals surface area contributed by atoms with Crippen LogP contribution in [0.25, 0.3) is 0 Å². The van der Waals surface area contributed by atoms with Crippen LogP contribution in [-0.4, -0.2) is 18.8 Å². The Morgan fingerprint density at radius 2 is 2.00 bits per heavy atom. The number of methoxy groups -OCH3 is 1. The number of aliphatic hydroxyl groups is 1. The van der Waals surface area contributed by atoms with E-state index in [1.807, 2.05) is 37.3 Å². The molecule has 21 heavy (non-hydrogen) atoms. The zero-order valence-corrected chi connectivity index (χ0v) is 12.3. The Bertz CT molecular complexity index is 581. The molecule has 2 rings (SSSR count). The van der Waals surface area contributed by atoms with Gasteiger partial charge in [-0.15, -0.1) is 0 Å². The summed E-state index contributed by atoms with van der Waals surface area (Å²) in [4.78, 5) is 0. The Kier molecular flexibility index (Phi) is 5.31. The third-order valence-corrected chi connectivity index (χ3v) is 3.30. The highest BCUT2D eigenvalue weighted by Gasteiger charge is 2.14. The topological polar surface area (TPSA) is 41.5 Å². The number of rotatable bonds is 6. The standard InChI is InChI=1S/C17H20FNO2/c1-12-7-14(18)9-15(8-12)19-17(10-20)16-6-4-3-5-13(16)11-21-2/h3-9,17,19-20H,10-11H2,1-2H3. The van der Waals surface area contributed by atoms with E-state index in [0.29, 0.717) is 12.3 Å². The molecule has 1 atom stereocenters. The number of nitrogens with one attached hydrogen (secondary N) is 1. The fourth-order valence-corrected chi connectivity index (χ4v) is 2.40. The van der Waals surface area contributed by atoms with Gasteiger partial charge in [-0.3, -0.25) is 0 Å². The molecular formula is C17H20FNO2. The van der Waals surface area contributed by atoms with Crippen molar-refractivity contribution in [2.24, 2.45) is 0 Å². The summed E-state index contributed by atoms with van der Waals surface area (Å²) in [6.45, 7) is 2.22. The number of aliphatic hydroxyl groups excluding tert-OH is 1. The van der Waals surface area contributed by atoms with E-state index in [2.05, 4.69) is 5.32 Å². The number of hydrogen-bond donors (Lipinski definition) is 2. The second kappa shape index (κ2) is 7.20. The zero-order chi connectivity index (χ0) is 15.2. The van der Waals surface area contributed by atoms with Gasteiger partial charge < -0.3 is 15.2 Å². The highest BCUT2D eigenvalue weighted by atomic mass is 19.1. The van der Waals surface area contributed by atoms with Gasteiger partial charge in [0.25, 0.3) is 0 Å². The Morgan fingerprint density at radius 1 is 1.24 bits per heavy atom. The summed E-state index contributed by atoms with van der Waals surface area (Å²) in [6, 6.07) is 12.2. The van der Waals surface area contributed by atoms with Crippen LogP contribution < -0.4 is 5.32 Å². The van der Waals surface area contributed by atoms with Gasteiger partial charge in [-0.2, -0.15) is 0 Å². The average Bonchev–Trinajstić information content (AvgIpc) is 2.45. The fourth-order valence-electron chi connectivity index (χ4n) is 2.40. The minimum atomic E-state index is -0.308.